The lowest BCUT2D eigenvalue weighted by Gasteiger charge is -2.32. The Balaban J connectivity index is 0.000000802. The zero-order valence-corrected chi connectivity index (χ0v) is 78.0. The highest BCUT2D eigenvalue weighted by atomic mass is 35.5. The van der Waals surface area contributed by atoms with Crippen LogP contribution in [-0.4, -0.2) is 140 Å². The number of ether oxygens (including phenoxy) is 4. The van der Waals surface area contributed by atoms with Crippen molar-refractivity contribution in [2.75, 3.05) is 81.6 Å². The van der Waals surface area contributed by atoms with Crippen molar-refractivity contribution < 1.29 is 73.2 Å². The number of unbranched alkanes of at least 4 members (excludes halogenated alkanes) is 4. The van der Waals surface area contributed by atoms with Crippen LogP contribution < -0.4 is 78.7 Å². The molecule has 0 fully saturated rings. The minimum absolute atomic E-state index is 0. The number of rotatable bonds is 34. The number of carbonyl (C=O) groups excluding carboxylic acids is 4. The maximum atomic E-state index is 14.2. The molecular formula is C90H127Cl4F8N19O8. The van der Waals surface area contributed by atoms with Crippen LogP contribution in [0, 0.1) is 46.5 Å². The molecule has 0 radical (unpaired) electrons. The van der Waals surface area contributed by atoms with Gasteiger partial charge in [0.2, 0.25) is 46.1 Å². The summed E-state index contributed by atoms with van der Waals surface area (Å²) in [6, 6.07) is 19.1. The van der Waals surface area contributed by atoms with Crippen molar-refractivity contribution in [1.82, 2.24) is 61.1 Å². The number of halogens is 12. The van der Waals surface area contributed by atoms with E-state index in [1.165, 1.54) is 27.7 Å². The van der Waals surface area contributed by atoms with Gasteiger partial charge in [-0.15, -0.1) is 12.4 Å². The normalized spacial score (nSPS) is 12.3. The zero-order chi connectivity index (χ0) is 94.4. The van der Waals surface area contributed by atoms with Crippen molar-refractivity contribution in [3.8, 4) is 23.0 Å². The maximum Gasteiger partial charge on any atom is 0.225 e. The van der Waals surface area contributed by atoms with Crippen LogP contribution >= 0.6 is 47.2 Å². The summed E-state index contributed by atoms with van der Waals surface area (Å²) < 4.78 is 129. The smallest absolute Gasteiger partial charge is 0.225 e. The summed E-state index contributed by atoms with van der Waals surface area (Å²) >= 11 is 17.1. The molecule has 6 aromatic carbocycles. The molecule has 0 aliphatic heterocycles. The average Bonchev–Trinajstić information content (AvgIpc) is 0.790. The fourth-order valence-corrected chi connectivity index (χ4v) is 12.7. The summed E-state index contributed by atoms with van der Waals surface area (Å²) in [6.45, 7) is 28.4. The van der Waals surface area contributed by atoms with Crippen LogP contribution in [0.25, 0.3) is 43.6 Å². The minimum Gasteiger partial charge on any atom is -0.497 e. The zero-order valence-electron chi connectivity index (χ0n) is 75.0. The SMILES string of the molecule is C.C.CC.CCCC[C@@](C)(N)CNC(C)=O.CCCC[C@](C)(CNC(C)=O)Nc1nc(Cl)nc2cc(F)c(F)cc12.CCCC[C@](C)(CNC(C)=O)Nc1nc(N)nc2cc(F)c(F)cc12.CCCC[C@](C)(CNC(C)=O)Nc1nc(NCc2ccc(OC)cc2OC)nc2cc(F)c(F)cc12.COc1ccc(CN)c(OC)c1.Cl.Fc1cc2nc(Cl)nc(Cl)c2cc1F. The molecule has 39 heteroatoms. The lowest BCUT2D eigenvalue weighted by molar-refractivity contribution is -0.120. The number of nitrogens with one attached hydrogen (secondary N) is 8. The molecule has 0 aliphatic carbocycles. The van der Waals surface area contributed by atoms with Gasteiger partial charge in [0.15, 0.2) is 46.5 Å². The number of nitrogens with zero attached hydrogens (tertiary/aromatic N) is 8. The van der Waals surface area contributed by atoms with Gasteiger partial charge in [0.05, 0.1) is 67.1 Å². The predicted octanol–water partition coefficient (Wildman–Crippen LogP) is 20.2. The second kappa shape index (κ2) is 56.7. The first-order valence-corrected chi connectivity index (χ1v) is 42.0. The number of hydrogen-bond donors (Lipinski definition) is 11. The fraction of sp³-hybridized carbons (Fsp3) is 0.467. The molecule has 10 rings (SSSR count). The third-order valence-electron chi connectivity index (χ3n) is 19.0. The van der Waals surface area contributed by atoms with E-state index in [0.717, 1.165) is 148 Å². The Morgan fingerprint density at radius 1 is 0.411 bits per heavy atom. The molecule has 0 unspecified atom stereocenters. The van der Waals surface area contributed by atoms with Gasteiger partial charge < -0.3 is 78.7 Å². The fourth-order valence-electron chi connectivity index (χ4n) is 12.1. The van der Waals surface area contributed by atoms with E-state index in [1.807, 2.05) is 71.9 Å². The summed E-state index contributed by atoms with van der Waals surface area (Å²) in [5.41, 5.74) is 17.9. The largest absolute Gasteiger partial charge is 0.497 e. The number of fused-ring (bicyclic) bond motifs is 4. The topological polar surface area (TPSA) is 383 Å². The second-order valence-electron chi connectivity index (χ2n) is 30.3. The number of hydrogen-bond acceptors (Lipinski definition) is 23. The van der Waals surface area contributed by atoms with E-state index in [4.69, 9.17) is 71.0 Å². The Labute approximate surface area is 772 Å². The highest BCUT2D eigenvalue weighted by molar-refractivity contribution is 6.35. The molecule has 27 nitrogen and oxygen atoms in total. The first-order chi connectivity index (χ1) is 59.5. The number of aromatic nitrogens is 8. The monoisotopic (exact) mass is 1890 g/mol. The van der Waals surface area contributed by atoms with E-state index in [2.05, 4.69) is 110 Å². The summed E-state index contributed by atoms with van der Waals surface area (Å²) in [7, 11) is 6.38. The minimum atomic E-state index is -1.000. The van der Waals surface area contributed by atoms with Crippen molar-refractivity contribution >= 4 is 144 Å². The molecule has 0 aliphatic rings. The third kappa shape index (κ3) is 38.5. The molecule has 4 heterocycles. The number of carbonyl (C=O) groups is 4. The summed E-state index contributed by atoms with van der Waals surface area (Å²) in [5, 5.41) is 25.2. The molecule has 4 atom stereocenters. The van der Waals surface area contributed by atoms with Gasteiger partial charge in [0, 0.05) is 142 Å². The van der Waals surface area contributed by atoms with Crippen LogP contribution in [0.15, 0.2) is 84.9 Å². The molecule has 0 saturated heterocycles. The molecule has 0 spiro atoms. The number of anilines is 5. The van der Waals surface area contributed by atoms with Crippen molar-refractivity contribution in [3.05, 3.63) is 158 Å². The summed E-state index contributed by atoms with van der Waals surface area (Å²) in [6.07, 6.45) is 11.1. The van der Waals surface area contributed by atoms with Crippen LogP contribution in [-0.2, 0) is 32.3 Å². The van der Waals surface area contributed by atoms with Crippen LogP contribution in [0.2, 0.25) is 15.7 Å². The summed E-state index contributed by atoms with van der Waals surface area (Å²) in [4.78, 5) is 77.3. The standard InChI is InChI=1S/C26H33F2N5O3.C17H21ClF2N4O.C17H23F2N5O.C9H20N2O.C9H13NO2.C8H2Cl2F2N2.C2H6.2CH4.ClH/c1-6-7-10-26(3,15-30-16(2)34)33-24-19-12-20(27)21(28)13-22(19)31-25(32-24)29-14-17-8-9-18(35-4)11-23(17)36-5;1-4-5-6-17(3,9-21-10(2)25)24-15-11-7-12(19)13(20)8-14(11)22-16(18)23-15;1-4-5-6-17(3,9-21-10(2)25)24-15-11-7-12(18)13(19)8-14(11)22-16(20)23-15;1-4-5-6-9(3,10)7-11-8(2)12;1-11-8-4-3-7(6-10)9(5-8)12-2;9-7-3-1-4(11)5(12)2-6(3)13-8(10)14-7;1-2;;;/h8-9,11-13H,6-7,10,14-15H2,1-5H3,(H,30,34)(H2,29,31,32,33);7-8H,4-6,9H2,1-3H3,(H,21,25)(H,22,23,24);7-8H,4-6,9H2,1-3H3,(H,21,25)(H3,20,22,23,24);4-7,10H2,1-3H3,(H,11,12);3-5H,6,10H2,1-2H3;1-2H;1-2H3;2*1H4;1H/t26-;2*17-;9-;;;;;;/m1111....../s1. The van der Waals surface area contributed by atoms with E-state index < -0.39 is 63.2 Å². The number of nitrogen functional groups attached to an aromatic ring is 1. The molecule has 0 saturated carbocycles. The molecule has 14 N–H and O–H groups in total. The maximum absolute atomic E-state index is 14.2. The first kappa shape index (κ1) is 116. The molecule has 0 bridgehead atoms. The summed E-state index contributed by atoms with van der Waals surface area (Å²) in [5.74, 6) is -4.44. The van der Waals surface area contributed by atoms with E-state index >= 15 is 0 Å². The molecule has 714 valence electrons. The number of methoxy groups -OCH3 is 4. The van der Waals surface area contributed by atoms with E-state index in [9.17, 15) is 54.3 Å². The first-order valence-electron chi connectivity index (χ1n) is 40.9. The Morgan fingerprint density at radius 2 is 0.729 bits per heavy atom. The molecule has 129 heavy (non-hydrogen) atoms. The molecule has 10 aromatic rings. The Kier molecular flexibility index (Phi) is 51.1. The van der Waals surface area contributed by atoms with Gasteiger partial charge in [-0.1, -0.05) is 125 Å². The van der Waals surface area contributed by atoms with Gasteiger partial charge in [0.1, 0.15) is 45.6 Å². The third-order valence-corrected chi connectivity index (χ3v) is 19.7. The second-order valence-corrected chi connectivity index (χ2v) is 31.3. The van der Waals surface area contributed by atoms with Gasteiger partial charge in [-0.05, 0) is 119 Å². The van der Waals surface area contributed by atoms with Crippen molar-refractivity contribution in [2.45, 2.75) is 224 Å². The van der Waals surface area contributed by atoms with Crippen molar-refractivity contribution in [1.29, 1.82) is 0 Å². The Morgan fingerprint density at radius 3 is 1.10 bits per heavy atom. The Bertz CT molecular complexity index is 5130. The van der Waals surface area contributed by atoms with Gasteiger partial charge >= 0.3 is 0 Å². The highest BCUT2D eigenvalue weighted by Crippen LogP contribution is 2.35. The molecule has 4 aromatic heterocycles. The molecule has 4 amide bonds. The number of amides is 4. The van der Waals surface area contributed by atoms with Crippen LogP contribution in [0.3, 0.4) is 0 Å². The van der Waals surface area contributed by atoms with E-state index in [1.54, 1.807) is 34.5 Å². The quantitative estimate of drug-likeness (QED) is 0.0101. The lowest BCUT2D eigenvalue weighted by Crippen LogP contribution is -2.47. The number of benzene rings is 6. The predicted molar refractivity (Wildman–Crippen MR) is 505 cm³/mol. The van der Waals surface area contributed by atoms with E-state index in [0.29, 0.717) is 84.4 Å². The average molecular weight is 1900 g/mol. The van der Waals surface area contributed by atoms with Gasteiger partial charge in [-0.2, -0.15) is 9.97 Å². The highest BCUT2D eigenvalue weighted by Gasteiger charge is 2.30. The van der Waals surface area contributed by atoms with Gasteiger partial charge in [-0.25, -0.2) is 65.0 Å². The van der Waals surface area contributed by atoms with Crippen molar-refractivity contribution in [3.63, 3.8) is 0 Å². The van der Waals surface area contributed by atoms with Crippen LogP contribution in [0.4, 0.5) is 64.5 Å². The van der Waals surface area contributed by atoms with Crippen LogP contribution in [0.1, 0.15) is 200 Å². The van der Waals surface area contributed by atoms with E-state index in [-0.39, 0.29) is 111 Å². The van der Waals surface area contributed by atoms with Crippen molar-refractivity contribution in [2.24, 2.45) is 11.5 Å². The lowest BCUT2D eigenvalue weighted by atomic mass is 9.94. The number of nitrogens with two attached hydrogens (primary N) is 3. The van der Waals surface area contributed by atoms with Crippen LogP contribution in [0.5, 0.6) is 23.0 Å². The van der Waals surface area contributed by atoms with Gasteiger partial charge in [0.25, 0.3) is 0 Å². The van der Waals surface area contributed by atoms with Gasteiger partial charge in [-0.3, -0.25) is 19.2 Å². The molecular weight excluding hydrogens is 1770 g/mol. The Hall–Kier alpha value is -10.7.